The number of ketones is 1. The maximum atomic E-state index is 12.3. The molecule has 1 aromatic heterocycles. The highest BCUT2D eigenvalue weighted by Gasteiger charge is 2.16. The zero-order valence-corrected chi connectivity index (χ0v) is 15.7. The Kier molecular flexibility index (Phi) is 5.59. The molecule has 0 aliphatic carbocycles. The van der Waals surface area contributed by atoms with Crippen LogP contribution in [0.2, 0.25) is 0 Å². The summed E-state index contributed by atoms with van der Waals surface area (Å²) < 4.78 is 11.1. The lowest BCUT2D eigenvalue weighted by atomic mass is 10.0. The van der Waals surface area contributed by atoms with Crippen molar-refractivity contribution >= 4 is 22.7 Å². The molecule has 0 spiro atoms. The summed E-state index contributed by atoms with van der Waals surface area (Å²) in [4.78, 5) is 35.4. The molecule has 0 aliphatic heterocycles. The first-order valence-electron chi connectivity index (χ1n) is 8.87. The third-order valence-electron chi connectivity index (χ3n) is 4.70. The van der Waals surface area contributed by atoms with Gasteiger partial charge >= 0.3 is 11.6 Å². The maximum Gasteiger partial charge on any atom is 0.339 e. The predicted octanol–water partition coefficient (Wildman–Crippen LogP) is 3.69. The quantitative estimate of drug-likeness (QED) is 0.496. The first kappa shape index (κ1) is 19.4. The summed E-state index contributed by atoms with van der Waals surface area (Å²) in [6, 6.07) is 12.3. The Bertz CT molecular complexity index is 1100. The first-order chi connectivity index (χ1) is 13.4. The first-order valence-corrected chi connectivity index (χ1v) is 8.87. The van der Waals surface area contributed by atoms with Crippen molar-refractivity contribution < 1.29 is 23.8 Å². The van der Waals surface area contributed by atoms with Crippen molar-refractivity contribution in [3.63, 3.8) is 0 Å². The summed E-state index contributed by atoms with van der Waals surface area (Å²) in [5.41, 5.74) is 2.07. The second kappa shape index (κ2) is 8.08. The standard InChI is InChI=1S/C22H20O6/c1-13-16-8-10-19(27-12-18(23)15-6-4-3-5-7-15)14(2)21(16)28-22(26)17(13)9-11-20(24)25/h3-8,10H,9,11-12H2,1-2H3,(H,24,25). The molecule has 0 aliphatic rings. The van der Waals surface area contributed by atoms with Crippen molar-refractivity contribution in [3.05, 3.63) is 75.1 Å². The zero-order chi connectivity index (χ0) is 20.3. The summed E-state index contributed by atoms with van der Waals surface area (Å²) in [7, 11) is 0. The van der Waals surface area contributed by atoms with Gasteiger partial charge in [0.1, 0.15) is 11.3 Å². The van der Waals surface area contributed by atoms with Gasteiger partial charge in [0.15, 0.2) is 12.4 Å². The van der Waals surface area contributed by atoms with Crippen molar-refractivity contribution in [2.45, 2.75) is 26.7 Å². The number of hydrogen-bond acceptors (Lipinski definition) is 5. The molecular weight excluding hydrogens is 360 g/mol. The lowest BCUT2D eigenvalue weighted by molar-refractivity contribution is -0.136. The lowest BCUT2D eigenvalue weighted by Gasteiger charge is -2.13. The van der Waals surface area contributed by atoms with Crippen LogP contribution in [0, 0.1) is 13.8 Å². The van der Waals surface area contributed by atoms with E-state index in [-0.39, 0.29) is 25.2 Å². The Labute approximate surface area is 161 Å². The molecule has 28 heavy (non-hydrogen) atoms. The minimum atomic E-state index is -0.970. The topological polar surface area (TPSA) is 93.8 Å². The fourth-order valence-electron chi connectivity index (χ4n) is 3.10. The summed E-state index contributed by atoms with van der Waals surface area (Å²) in [6.07, 6.45) is -0.0266. The number of aryl methyl sites for hydroxylation is 2. The van der Waals surface area contributed by atoms with Crippen LogP contribution in [0.15, 0.2) is 51.7 Å². The van der Waals surface area contributed by atoms with Crippen LogP contribution in [0.5, 0.6) is 5.75 Å². The van der Waals surface area contributed by atoms with E-state index in [1.165, 1.54) is 0 Å². The number of carbonyl (C=O) groups excluding carboxylic acids is 1. The number of carbonyl (C=O) groups is 2. The molecule has 0 saturated heterocycles. The molecule has 0 amide bonds. The molecule has 1 N–H and O–H groups in total. The number of rotatable bonds is 7. The molecule has 6 nitrogen and oxygen atoms in total. The summed E-state index contributed by atoms with van der Waals surface area (Å²) in [5.74, 6) is -0.665. The van der Waals surface area contributed by atoms with E-state index in [1.54, 1.807) is 50.2 Å². The number of hydrogen-bond donors (Lipinski definition) is 1. The molecular formula is C22H20O6. The van der Waals surface area contributed by atoms with Gasteiger partial charge in [0, 0.05) is 28.5 Å². The molecule has 0 radical (unpaired) electrons. The number of aliphatic carboxylic acids is 1. The van der Waals surface area contributed by atoms with Gasteiger partial charge in [-0.3, -0.25) is 9.59 Å². The zero-order valence-electron chi connectivity index (χ0n) is 15.7. The molecule has 144 valence electrons. The van der Waals surface area contributed by atoms with E-state index in [0.29, 0.717) is 33.6 Å². The Morgan fingerprint density at radius 3 is 2.43 bits per heavy atom. The number of Topliss-reactive ketones (excluding diaryl/α,β-unsaturated/α-hetero) is 1. The van der Waals surface area contributed by atoms with E-state index in [2.05, 4.69) is 0 Å². The Morgan fingerprint density at radius 2 is 1.75 bits per heavy atom. The van der Waals surface area contributed by atoms with Gasteiger partial charge in [0.05, 0.1) is 0 Å². The molecule has 0 bridgehead atoms. The lowest BCUT2D eigenvalue weighted by Crippen LogP contribution is -2.14. The van der Waals surface area contributed by atoms with Crippen LogP contribution < -0.4 is 10.4 Å². The van der Waals surface area contributed by atoms with Crippen LogP contribution in [0.3, 0.4) is 0 Å². The Morgan fingerprint density at radius 1 is 1.04 bits per heavy atom. The highest BCUT2D eigenvalue weighted by Crippen LogP contribution is 2.29. The third-order valence-corrected chi connectivity index (χ3v) is 4.70. The molecule has 0 atom stereocenters. The van der Waals surface area contributed by atoms with E-state index in [1.807, 2.05) is 6.07 Å². The van der Waals surface area contributed by atoms with Crippen LogP contribution in [-0.2, 0) is 11.2 Å². The number of carboxylic acids is 1. The van der Waals surface area contributed by atoms with Crippen LogP contribution in [-0.4, -0.2) is 23.5 Å². The van der Waals surface area contributed by atoms with Gasteiger partial charge in [0.25, 0.3) is 0 Å². The van der Waals surface area contributed by atoms with Crippen LogP contribution in [0.25, 0.3) is 11.0 Å². The van der Waals surface area contributed by atoms with Crippen molar-refractivity contribution in [1.29, 1.82) is 0 Å². The fraction of sp³-hybridized carbons (Fsp3) is 0.227. The van der Waals surface area contributed by atoms with E-state index >= 15 is 0 Å². The summed E-state index contributed by atoms with van der Waals surface area (Å²) in [6.45, 7) is 3.40. The van der Waals surface area contributed by atoms with Crippen molar-refractivity contribution in [3.8, 4) is 5.75 Å². The number of fused-ring (bicyclic) bond motifs is 1. The highest BCUT2D eigenvalue weighted by molar-refractivity contribution is 5.97. The normalized spacial score (nSPS) is 10.8. The molecule has 3 rings (SSSR count). The van der Waals surface area contributed by atoms with E-state index in [9.17, 15) is 14.4 Å². The Balaban J connectivity index is 1.89. The second-order valence-electron chi connectivity index (χ2n) is 6.53. The maximum absolute atomic E-state index is 12.3. The molecule has 0 fully saturated rings. The number of carboxylic acid groups (broad SMARTS) is 1. The minimum absolute atomic E-state index is 0.113. The predicted molar refractivity (Wildman–Crippen MR) is 104 cm³/mol. The average Bonchev–Trinajstić information content (AvgIpc) is 2.68. The number of ether oxygens (including phenoxy) is 1. The molecule has 0 saturated carbocycles. The highest BCUT2D eigenvalue weighted by atomic mass is 16.5. The third kappa shape index (κ3) is 3.96. The van der Waals surface area contributed by atoms with Crippen LogP contribution in [0.1, 0.15) is 33.5 Å². The molecule has 0 unspecified atom stereocenters. The van der Waals surface area contributed by atoms with Crippen LogP contribution in [0.4, 0.5) is 0 Å². The Hall–Kier alpha value is -3.41. The largest absolute Gasteiger partial charge is 0.485 e. The van der Waals surface area contributed by atoms with Gasteiger partial charge in [-0.25, -0.2) is 4.79 Å². The van der Waals surface area contributed by atoms with Gasteiger partial charge in [0.2, 0.25) is 0 Å². The van der Waals surface area contributed by atoms with Crippen LogP contribution >= 0.6 is 0 Å². The molecule has 6 heteroatoms. The van der Waals surface area contributed by atoms with Gasteiger partial charge < -0.3 is 14.3 Å². The fourth-order valence-corrected chi connectivity index (χ4v) is 3.10. The van der Waals surface area contributed by atoms with Gasteiger partial charge in [-0.1, -0.05) is 30.3 Å². The SMILES string of the molecule is Cc1c(CCC(=O)O)c(=O)oc2c(C)c(OCC(=O)c3ccccc3)ccc12. The molecule has 3 aromatic rings. The smallest absolute Gasteiger partial charge is 0.339 e. The van der Waals surface area contributed by atoms with E-state index in [0.717, 1.165) is 5.39 Å². The summed E-state index contributed by atoms with van der Waals surface area (Å²) in [5, 5.41) is 9.58. The summed E-state index contributed by atoms with van der Waals surface area (Å²) >= 11 is 0. The second-order valence-corrected chi connectivity index (χ2v) is 6.53. The molecule has 2 aromatic carbocycles. The monoisotopic (exact) mass is 380 g/mol. The van der Waals surface area contributed by atoms with Gasteiger partial charge in [-0.05, 0) is 38.0 Å². The van der Waals surface area contributed by atoms with Gasteiger partial charge in [-0.2, -0.15) is 0 Å². The van der Waals surface area contributed by atoms with Gasteiger partial charge in [-0.15, -0.1) is 0 Å². The van der Waals surface area contributed by atoms with Crippen molar-refractivity contribution in [2.75, 3.05) is 6.61 Å². The van der Waals surface area contributed by atoms with E-state index in [4.69, 9.17) is 14.3 Å². The average molecular weight is 380 g/mol. The van der Waals surface area contributed by atoms with Crippen molar-refractivity contribution in [2.24, 2.45) is 0 Å². The minimum Gasteiger partial charge on any atom is -0.485 e. The van der Waals surface area contributed by atoms with Crippen molar-refractivity contribution in [1.82, 2.24) is 0 Å². The number of benzene rings is 2. The molecule has 1 heterocycles. The van der Waals surface area contributed by atoms with E-state index < -0.39 is 11.6 Å².